The molecule has 5 heterocycles. The van der Waals surface area contributed by atoms with Gasteiger partial charge in [-0.2, -0.15) is 9.78 Å². The topological polar surface area (TPSA) is 144 Å². The number of carbonyl (C=O) groups is 2. The van der Waals surface area contributed by atoms with E-state index in [-0.39, 0.29) is 18.1 Å². The van der Waals surface area contributed by atoms with Gasteiger partial charge in [-0.15, -0.1) is 0 Å². The molecule has 2 N–H and O–H groups in total. The van der Waals surface area contributed by atoms with Crippen LogP contribution in [0.3, 0.4) is 0 Å². The summed E-state index contributed by atoms with van der Waals surface area (Å²) in [7, 11) is 0. The van der Waals surface area contributed by atoms with Gasteiger partial charge in [-0.1, -0.05) is 6.07 Å². The number of aromatic nitrogens is 5. The third-order valence-electron chi connectivity index (χ3n) is 6.86. The molecule has 0 saturated carbocycles. The van der Waals surface area contributed by atoms with E-state index in [1.54, 1.807) is 24.5 Å². The fourth-order valence-corrected chi connectivity index (χ4v) is 4.88. The van der Waals surface area contributed by atoms with Crippen molar-refractivity contribution in [1.29, 1.82) is 0 Å². The van der Waals surface area contributed by atoms with Crippen LogP contribution in [0.5, 0.6) is 0 Å². The number of carboxylic acids is 1. The highest BCUT2D eigenvalue weighted by Gasteiger charge is 2.27. The zero-order valence-corrected chi connectivity index (χ0v) is 19.4. The summed E-state index contributed by atoms with van der Waals surface area (Å²) in [5, 5.41) is 24.6. The number of hydrogen-bond donors (Lipinski definition) is 2. The third-order valence-corrected chi connectivity index (χ3v) is 6.86. The standard InChI is InChI=1S/C25H22N6O5/c1-13-16(2-3-17-18(13)12-36-24(17)35)22(32)11-30-5-4-19-15(10-30)8-27-25(29-19)31-21-6-14(23(33)34)7-26-20(21)9-28-31/h2-3,6-9,22,32H,4-5,10-12H2,1H3,(H,33,34). The Morgan fingerprint density at radius 3 is 2.92 bits per heavy atom. The molecule has 4 aromatic rings. The van der Waals surface area contributed by atoms with Crippen molar-refractivity contribution >= 4 is 23.0 Å². The zero-order chi connectivity index (χ0) is 25.0. The van der Waals surface area contributed by atoms with Gasteiger partial charge in [-0.05, 0) is 30.2 Å². The maximum absolute atomic E-state index is 11.8. The molecule has 1 atom stereocenters. The molecule has 3 aromatic heterocycles. The Bertz CT molecular complexity index is 1550. The number of aliphatic hydroxyl groups excluding tert-OH is 1. The minimum Gasteiger partial charge on any atom is -0.478 e. The second-order valence-electron chi connectivity index (χ2n) is 9.01. The number of β-amino-alcohol motifs (C(OH)–C–C–N with tert-alkyl or cyclic N) is 1. The van der Waals surface area contributed by atoms with Gasteiger partial charge in [-0.3, -0.25) is 9.88 Å². The maximum atomic E-state index is 11.8. The van der Waals surface area contributed by atoms with Crippen LogP contribution < -0.4 is 0 Å². The number of hydrogen-bond acceptors (Lipinski definition) is 9. The molecule has 0 radical (unpaired) electrons. The summed E-state index contributed by atoms with van der Waals surface area (Å²) in [6.45, 7) is 3.88. The summed E-state index contributed by atoms with van der Waals surface area (Å²) in [6.07, 6.45) is 4.56. The number of cyclic esters (lactones) is 1. The van der Waals surface area contributed by atoms with Gasteiger partial charge in [0.15, 0.2) is 0 Å². The smallest absolute Gasteiger partial charge is 0.338 e. The van der Waals surface area contributed by atoms with Crippen molar-refractivity contribution < 1.29 is 24.5 Å². The first-order valence-electron chi connectivity index (χ1n) is 11.5. The quantitative estimate of drug-likeness (QED) is 0.402. The minimum absolute atomic E-state index is 0.0640. The lowest BCUT2D eigenvalue weighted by atomic mass is 9.95. The fraction of sp³-hybridized carbons (Fsp3) is 0.280. The van der Waals surface area contributed by atoms with Gasteiger partial charge < -0.3 is 14.9 Å². The van der Waals surface area contributed by atoms with E-state index in [1.807, 2.05) is 6.92 Å². The number of aromatic carboxylic acids is 1. The number of fused-ring (bicyclic) bond motifs is 3. The summed E-state index contributed by atoms with van der Waals surface area (Å²) in [5.41, 5.74) is 6.10. The summed E-state index contributed by atoms with van der Waals surface area (Å²) >= 11 is 0. The lowest BCUT2D eigenvalue weighted by Gasteiger charge is -2.30. The second kappa shape index (κ2) is 8.47. The first-order valence-corrected chi connectivity index (χ1v) is 11.5. The summed E-state index contributed by atoms with van der Waals surface area (Å²) in [6, 6.07) is 5.04. The van der Waals surface area contributed by atoms with Crippen LogP contribution in [-0.2, 0) is 24.3 Å². The number of rotatable bonds is 5. The number of aliphatic hydroxyl groups is 1. The Balaban J connectivity index is 1.21. The number of pyridine rings is 1. The molecule has 182 valence electrons. The molecule has 0 amide bonds. The number of carboxylic acid groups (broad SMARTS) is 1. The molecule has 0 saturated heterocycles. The van der Waals surface area contributed by atoms with Crippen LogP contribution in [0.2, 0.25) is 0 Å². The highest BCUT2D eigenvalue weighted by molar-refractivity contribution is 5.94. The van der Waals surface area contributed by atoms with Crippen LogP contribution in [-0.4, -0.2) is 64.9 Å². The third kappa shape index (κ3) is 3.69. The van der Waals surface area contributed by atoms with Crippen molar-refractivity contribution in [2.75, 3.05) is 13.1 Å². The summed E-state index contributed by atoms with van der Waals surface area (Å²) in [5.74, 6) is -1.03. The monoisotopic (exact) mass is 486 g/mol. The lowest BCUT2D eigenvalue weighted by Crippen LogP contribution is -2.35. The predicted octanol–water partition coefficient (Wildman–Crippen LogP) is 1.98. The van der Waals surface area contributed by atoms with Gasteiger partial charge in [0, 0.05) is 49.6 Å². The summed E-state index contributed by atoms with van der Waals surface area (Å²) < 4.78 is 6.62. The van der Waals surface area contributed by atoms with Crippen molar-refractivity contribution in [2.24, 2.45) is 0 Å². The van der Waals surface area contributed by atoms with E-state index in [9.17, 15) is 19.8 Å². The molecule has 6 rings (SSSR count). The maximum Gasteiger partial charge on any atom is 0.338 e. The van der Waals surface area contributed by atoms with Crippen molar-refractivity contribution in [1.82, 2.24) is 29.6 Å². The van der Waals surface area contributed by atoms with Gasteiger partial charge in [-0.25, -0.2) is 19.6 Å². The van der Waals surface area contributed by atoms with Crippen molar-refractivity contribution in [3.05, 3.63) is 75.9 Å². The molecular weight excluding hydrogens is 464 g/mol. The Morgan fingerprint density at radius 1 is 1.22 bits per heavy atom. The number of nitrogens with zero attached hydrogens (tertiary/aromatic N) is 6. The molecule has 0 fully saturated rings. The first kappa shape index (κ1) is 22.3. The van der Waals surface area contributed by atoms with Crippen molar-refractivity contribution in [3.63, 3.8) is 0 Å². The summed E-state index contributed by atoms with van der Waals surface area (Å²) in [4.78, 5) is 38.6. The second-order valence-corrected chi connectivity index (χ2v) is 9.01. The molecule has 0 spiro atoms. The molecule has 1 aromatic carbocycles. The highest BCUT2D eigenvalue weighted by Crippen LogP contribution is 2.30. The fourth-order valence-electron chi connectivity index (χ4n) is 4.88. The molecule has 1 unspecified atom stereocenters. The lowest BCUT2D eigenvalue weighted by molar-refractivity contribution is 0.0534. The van der Waals surface area contributed by atoms with E-state index in [4.69, 9.17) is 9.72 Å². The normalized spacial score (nSPS) is 16.0. The molecule has 11 heteroatoms. The van der Waals surface area contributed by atoms with Gasteiger partial charge in [0.2, 0.25) is 0 Å². The van der Waals surface area contributed by atoms with Crippen LogP contribution in [0.25, 0.3) is 17.0 Å². The predicted molar refractivity (Wildman–Crippen MR) is 126 cm³/mol. The Labute approximate surface area is 205 Å². The van der Waals surface area contributed by atoms with E-state index >= 15 is 0 Å². The molecule has 2 aliphatic heterocycles. The van der Waals surface area contributed by atoms with Gasteiger partial charge >= 0.3 is 11.9 Å². The van der Waals surface area contributed by atoms with E-state index in [2.05, 4.69) is 20.0 Å². The largest absolute Gasteiger partial charge is 0.478 e. The Hall–Kier alpha value is -4.22. The Morgan fingerprint density at radius 2 is 2.08 bits per heavy atom. The molecule has 0 bridgehead atoms. The molecular formula is C25H22N6O5. The van der Waals surface area contributed by atoms with Gasteiger partial charge in [0.25, 0.3) is 5.95 Å². The molecule has 11 nitrogen and oxygen atoms in total. The molecule has 0 aliphatic carbocycles. The van der Waals surface area contributed by atoms with E-state index in [0.29, 0.717) is 48.6 Å². The first-order chi connectivity index (χ1) is 17.4. The van der Waals surface area contributed by atoms with E-state index in [1.165, 1.54) is 16.9 Å². The highest BCUT2D eigenvalue weighted by atomic mass is 16.5. The van der Waals surface area contributed by atoms with Crippen molar-refractivity contribution in [3.8, 4) is 5.95 Å². The van der Waals surface area contributed by atoms with Crippen LogP contribution in [0.1, 0.15) is 54.8 Å². The Kier molecular flexibility index (Phi) is 5.23. The minimum atomic E-state index is -1.07. The zero-order valence-electron chi connectivity index (χ0n) is 19.4. The van der Waals surface area contributed by atoms with Crippen molar-refractivity contribution in [2.45, 2.75) is 32.6 Å². The van der Waals surface area contributed by atoms with Crippen LogP contribution in [0.4, 0.5) is 0 Å². The van der Waals surface area contributed by atoms with Crippen LogP contribution in [0.15, 0.2) is 36.8 Å². The number of ether oxygens (including phenoxy) is 1. The molecule has 2 aliphatic rings. The number of carbonyl (C=O) groups excluding carboxylic acids is 1. The average molecular weight is 486 g/mol. The van der Waals surface area contributed by atoms with Crippen LogP contribution >= 0.6 is 0 Å². The van der Waals surface area contributed by atoms with E-state index < -0.39 is 12.1 Å². The molecule has 36 heavy (non-hydrogen) atoms. The SMILES string of the molecule is Cc1c(C(O)CN2CCc3nc(-n4ncc5ncc(C(=O)O)cc54)ncc3C2)ccc2c1COC2=O. The van der Waals surface area contributed by atoms with Gasteiger partial charge in [0.05, 0.1) is 34.6 Å². The number of esters is 1. The average Bonchev–Trinajstić information content (AvgIpc) is 3.47. The number of benzene rings is 1. The van der Waals surface area contributed by atoms with E-state index in [0.717, 1.165) is 27.9 Å². The van der Waals surface area contributed by atoms with Crippen LogP contribution in [0, 0.1) is 6.92 Å². The van der Waals surface area contributed by atoms with Gasteiger partial charge in [0.1, 0.15) is 12.1 Å².